The van der Waals surface area contributed by atoms with Crippen LogP contribution < -0.4 is 16.0 Å². The predicted octanol–water partition coefficient (Wildman–Crippen LogP) is 2.10. The van der Waals surface area contributed by atoms with E-state index in [9.17, 15) is 9.59 Å². The summed E-state index contributed by atoms with van der Waals surface area (Å²) in [7, 11) is 0. The standard InChI is InChI=1S/C12H16BrN3O2/c1-3-14-12(18)16-11(17)8(2)15-10-7-5-4-6-9(10)13/h4-8,15H,3H2,1-2H3,(H2,14,16,17,18). The molecule has 0 aliphatic carbocycles. The molecular formula is C12H16BrN3O2. The first-order valence-corrected chi connectivity index (χ1v) is 6.43. The van der Waals surface area contributed by atoms with Gasteiger partial charge in [0.1, 0.15) is 6.04 Å². The molecule has 98 valence electrons. The largest absolute Gasteiger partial charge is 0.373 e. The Morgan fingerprint density at radius 1 is 1.33 bits per heavy atom. The zero-order valence-electron chi connectivity index (χ0n) is 10.3. The van der Waals surface area contributed by atoms with Crippen molar-refractivity contribution in [3.63, 3.8) is 0 Å². The Labute approximate surface area is 114 Å². The second-order valence-electron chi connectivity index (χ2n) is 3.69. The van der Waals surface area contributed by atoms with Gasteiger partial charge in [0.25, 0.3) is 0 Å². The number of benzene rings is 1. The highest BCUT2D eigenvalue weighted by Crippen LogP contribution is 2.21. The van der Waals surface area contributed by atoms with Crippen LogP contribution in [0.2, 0.25) is 0 Å². The van der Waals surface area contributed by atoms with E-state index in [2.05, 4.69) is 31.9 Å². The summed E-state index contributed by atoms with van der Waals surface area (Å²) in [5.74, 6) is -0.378. The van der Waals surface area contributed by atoms with Gasteiger partial charge in [0, 0.05) is 16.7 Å². The third kappa shape index (κ3) is 4.37. The molecule has 0 saturated heterocycles. The fourth-order valence-corrected chi connectivity index (χ4v) is 1.70. The van der Waals surface area contributed by atoms with E-state index in [1.165, 1.54) is 0 Å². The van der Waals surface area contributed by atoms with Crippen LogP contribution in [-0.4, -0.2) is 24.5 Å². The van der Waals surface area contributed by atoms with E-state index in [-0.39, 0.29) is 5.91 Å². The van der Waals surface area contributed by atoms with Crippen molar-refractivity contribution < 1.29 is 9.59 Å². The minimum atomic E-state index is -0.508. The molecule has 0 bridgehead atoms. The molecule has 0 aliphatic rings. The molecule has 1 atom stereocenters. The fourth-order valence-electron chi connectivity index (χ4n) is 1.30. The van der Waals surface area contributed by atoms with Gasteiger partial charge in [-0.05, 0) is 41.9 Å². The summed E-state index contributed by atoms with van der Waals surface area (Å²) in [4.78, 5) is 22.9. The van der Waals surface area contributed by atoms with Gasteiger partial charge in [-0.3, -0.25) is 10.1 Å². The zero-order chi connectivity index (χ0) is 13.5. The number of nitrogens with one attached hydrogen (secondary N) is 3. The Hall–Kier alpha value is -1.56. The molecule has 0 heterocycles. The molecule has 18 heavy (non-hydrogen) atoms. The van der Waals surface area contributed by atoms with Gasteiger partial charge in [-0.15, -0.1) is 0 Å². The summed E-state index contributed by atoms with van der Waals surface area (Å²) >= 11 is 3.38. The summed E-state index contributed by atoms with van der Waals surface area (Å²) in [6, 6.07) is 6.47. The Balaban J connectivity index is 2.55. The van der Waals surface area contributed by atoms with Crippen molar-refractivity contribution in [2.45, 2.75) is 19.9 Å². The van der Waals surface area contributed by atoms with Crippen LogP contribution in [0.25, 0.3) is 0 Å². The van der Waals surface area contributed by atoms with Crippen LogP contribution in [0.4, 0.5) is 10.5 Å². The van der Waals surface area contributed by atoms with Gasteiger partial charge >= 0.3 is 6.03 Å². The lowest BCUT2D eigenvalue weighted by Crippen LogP contribution is -2.45. The Bertz CT molecular complexity index is 437. The van der Waals surface area contributed by atoms with Crippen LogP contribution in [-0.2, 0) is 4.79 Å². The average molecular weight is 314 g/mol. The molecule has 3 N–H and O–H groups in total. The normalized spacial score (nSPS) is 11.5. The molecule has 0 radical (unpaired) electrons. The van der Waals surface area contributed by atoms with Crippen molar-refractivity contribution in [3.8, 4) is 0 Å². The SMILES string of the molecule is CCNC(=O)NC(=O)C(C)Nc1ccccc1Br. The van der Waals surface area contributed by atoms with E-state index >= 15 is 0 Å². The van der Waals surface area contributed by atoms with Gasteiger partial charge in [-0.2, -0.15) is 0 Å². The molecule has 1 aromatic rings. The van der Waals surface area contributed by atoms with Crippen LogP contribution in [0, 0.1) is 0 Å². The van der Waals surface area contributed by atoms with Crippen molar-refractivity contribution in [2.24, 2.45) is 0 Å². The summed E-state index contributed by atoms with van der Waals surface area (Å²) in [6.07, 6.45) is 0. The maximum absolute atomic E-state index is 11.7. The number of anilines is 1. The van der Waals surface area contributed by atoms with E-state index in [1.807, 2.05) is 24.3 Å². The number of halogens is 1. The van der Waals surface area contributed by atoms with E-state index < -0.39 is 12.1 Å². The highest BCUT2D eigenvalue weighted by atomic mass is 79.9. The van der Waals surface area contributed by atoms with Crippen LogP contribution in [0.3, 0.4) is 0 Å². The van der Waals surface area contributed by atoms with Gasteiger partial charge in [0.2, 0.25) is 5.91 Å². The van der Waals surface area contributed by atoms with Crippen LogP contribution in [0.5, 0.6) is 0 Å². The predicted molar refractivity (Wildman–Crippen MR) is 74.4 cm³/mol. The molecule has 0 aliphatic heterocycles. The highest BCUT2D eigenvalue weighted by molar-refractivity contribution is 9.10. The van der Waals surface area contributed by atoms with Crippen LogP contribution in [0.15, 0.2) is 28.7 Å². The molecular weight excluding hydrogens is 298 g/mol. The monoisotopic (exact) mass is 313 g/mol. The Morgan fingerprint density at radius 2 is 2.00 bits per heavy atom. The summed E-state index contributed by atoms with van der Waals surface area (Å²) in [5, 5.41) is 7.77. The van der Waals surface area contributed by atoms with E-state index in [1.54, 1.807) is 13.8 Å². The number of rotatable bonds is 4. The first-order chi connectivity index (χ1) is 8.54. The number of para-hydroxylation sites is 1. The van der Waals surface area contributed by atoms with E-state index in [0.29, 0.717) is 6.54 Å². The van der Waals surface area contributed by atoms with Crippen LogP contribution in [0.1, 0.15) is 13.8 Å². The number of carbonyl (C=O) groups is 2. The maximum Gasteiger partial charge on any atom is 0.321 e. The minimum absolute atomic E-state index is 0.378. The summed E-state index contributed by atoms with van der Waals surface area (Å²) in [5.41, 5.74) is 0.802. The molecule has 0 fully saturated rings. The first-order valence-electron chi connectivity index (χ1n) is 5.64. The zero-order valence-corrected chi connectivity index (χ0v) is 11.9. The lowest BCUT2D eigenvalue weighted by atomic mass is 10.2. The lowest BCUT2D eigenvalue weighted by Gasteiger charge is -2.15. The number of carbonyl (C=O) groups excluding carboxylic acids is 2. The van der Waals surface area contributed by atoms with Gasteiger partial charge in [0.05, 0.1) is 0 Å². The molecule has 0 aromatic heterocycles. The molecule has 5 nitrogen and oxygen atoms in total. The average Bonchev–Trinajstić information content (AvgIpc) is 2.32. The van der Waals surface area contributed by atoms with Crippen molar-refractivity contribution in [1.29, 1.82) is 0 Å². The quantitative estimate of drug-likeness (QED) is 0.797. The van der Waals surface area contributed by atoms with E-state index in [0.717, 1.165) is 10.2 Å². The number of urea groups is 1. The molecule has 3 amide bonds. The first kappa shape index (κ1) is 14.5. The van der Waals surface area contributed by atoms with Gasteiger partial charge < -0.3 is 10.6 Å². The molecule has 0 spiro atoms. The number of imide groups is 1. The van der Waals surface area contributed by atoms with Gasteiger partial charge in [-0.25, -0.2) is 4.79 Å². The lowest BCUT2D eigenvalue weighted by molar-refractivity contribution is -0.120. The Kier molecular flexibility index (Phi) is 5.64. The van der Waals surface area contributed by atoms with Gasteiger partial charge in [0.15, 0.2) is 0 Å². The van der Waals surface area contributed by atoms with Crippen LogP contribution >= 0.6 is 15.9 Å². The molecule has 1 aromatic carbocycles. The third-order valence-electron chi connectivity index (χ3n) is 2.21. The molecule has 6 heteroatoms. The number of hydrogen-bond acceptors (Lipinski definition) is 3. The number of amides is 3. The third-order valence-corrected chi connectivity index (χ3v) is 2.90. The second kappa shape index (κ2) is 7.00. The summed E-state index contributed by atoms with van der Waals surface area (Å²) < 4.78 is 0.864. The smallest absolute Gasteiger partial charge is 0.321 e. The van der Waals surface area contributed by atoms with E-state index in [4.69, 9.17) is 0 Å². The molecule has 1 rings (SSSR count). The molecule has 1 unspecified atom stereocenters. The second-order valence-corrected chi connectivity index (χ2v) is 4.55. The molecule has 0 saturated carbocycles. The summed E-state index contributed by atoms with van der Waals surface area (Å²) in [6.45, 7) is 3.95. The van der Waals surface area contributed by atoms with Crippen molar-refractivity contribution in [3.05, 3.63) is 28.7 Å². The topological polar surface area (TPSA) is 70.2 Å². The minimum Gasteiger partial charge on any atom is -0.373 e. The van der Waals surface area contributed by atoms with Crippen molar-refractivity contribution in [1.82, 2.24) is 10.6 Å². The Morgan fingerprint density at radius 3 is 2.61 bits per heavy atom. The number of hydrogen-bond donors (Lipinski definition) is 3. The van der Waals surface area contributed by atoms with Gasteiger partial charge in [-0.1, -0.05) is 12.1 Å². The maximum atomic E-state index is 11.7. The fraction of sp³-hybridized carbons (Fsp3) is 0.333. The van der Waals surface area contributed by atoms with Crippen molar-refractivity contribution in [2.75, 3.05) is 11.9 Å². The van der Waals surface area contributed by atoms with Crippen molar-refractivity contribution >= 4 is 33.6 Å². The highest BCUT2D eigenvalue weighted by Gasteiger charge is 2.15.